The number of aromatic hydroxyl groups is 2. The SMILES string of the molecule is COCOc1ccc2c(Cc3ccc(O)cc3)c(-c3ccc(O)cc3)ccc2c1. The molecule has 4 aromatic rings. The van der Waals surface area contributed by atoms with Crippen LogP contribution in [-0.4, -0.2) is 24.1 Å². The van der Waals surface area contributed by atoms with Gasteiger partial charge in [0.2, 0.25) is 0 Å². The molecule has 2 N–H and O–H groups in total. The summed E-state index contributed by atoms with van der Waals surface area (Å²) in [5.74, 6) is 1.26. The second-order valence-corrected chi connectivity index (χ2v) is 6.92. The summed E-state index contributed by atoms with van der Waals surface area (Å²) in [4.78, 5) is 0. The molecule has 0 atom stereocenters. The summed E-state index contributed by atoms with van der Waals surface area (Å²) >= 11 is 0. The second kappa shape index (κ2) is 8.25. The van der Waals surface area contributed by atoms with E-state index in [2.05, 4.69) is 18.2 Å². The molecule has 0 amide bonds. The average molecular weight is 386 g/mol. The summed E-state index contributed by atoms with van der Waals surface area (Å²) in [5, 5.41) is 21.5. The van der Waals surface area contributed by atoms with Gasteiger partial charge in [-0.15, -0.1) is 0 Å². The van der Waals surface area contributed by atoms with Crippen LogP contribution >= 0.6 is 0 Å². The van der Waals surface area contributed by atoms with Gasteiger partial charge in [0.15, 0.2) is 6.79 Å². The quantitative estimate of drug-likeness (QED) is 0.430. The summed E-state index contributed by atoms with van der Waals surface area (Å²) in [6.45, 7) is 0.206. The average Bonchev–Trinajstić information content (AvgIpc) is 2.74. The van der Waals surface area contributed by atoms with E-state index < -0.39 is 0 Å². The third kappa shape index (κ3) is 4.18. The Morgan fingerprint density at radius 3 is 2.14 bits per heavy atom. The van der Waals surface area contributed by atoms with Crippen LogP contribution in [0.25, 0.3) is 21.9 Å². The lowest BCUT2D eigenvalue weighted by atomic mass is 9.90. The highest BCUT2D eigenvalue weighted by Crippen LogP contribution is 2.34. The van der Waals surface area contributed by atoms with Crippen molar-refractivity contribution in [3.05, 3.63) is 90.0 Å². The topological polar surface area (TPSA) is 58.9 Å². The fourth-order valence-corrected chi connectivity index (χ4v) is 3.51. The highest BCUT2D eigenvalue weighted by molar-refractivity contribution is 5.93. The minimum Gasteiger partial charge on any atom is -0.508 e. The van der Waals surface area contributed by atoms with Gasteiger partial charge in [0.25, 0.3) is 0 Å². The largest absolute Gasteiger partial charge is 0.508 e. The van der Waals surface area contributed by atoms with E-state index in [0.29, 0.717) is 6.42 Å². The molecule has 29 heavy (non-hydrogen) atoms. The number of ether oxygens (including phenoxy) is 2. The third-order valence-corrected chi connectivity index (χ3v) is 4.94. The molecule has 0 heterocycles. The van der Waals surface area contributed by atoms with Gasteiger partial charge in [-0.05, 0) is 75.8 Å². The summed E-state index contributed by atoms with van der Waals surface area (Å²) in [5.41, 5.74) is 4.43. The van der Waals surface area contributed by atoms with Crippen LogP contribution in [0.4, 0.5) is 0 Å². The number of rotatable bonds is 6. The Labute approximate surface area is 169 Å². The molecule has 0 aliphatic rings. The summed E-state index contributed by atoms with van der Waals surface area (Å²) < 4.78 is 10.6. The molecule has 4 rings (SSSR count). The lowest BCUT2D eigenvalue weighted by molar-refractivity contribution is 0.0512. The number of fused-ring (bicyclic) bond motifs is 1. The normalized spacial score (nSPS) is 10.9. The molecule has 0 radical (unpaired) electrons. The van der Waals surface area contributed by atoms with Gasteiger partial charge in [0, 0.05) is 7.11 Å². The van der Waals surface area contributed by atoms with Crippen LogP contribution in [0.2, 0.25) is 0 Å². The first-order valence-corrected chi connectivity index (χ1v) is 9.39. The van der Waals surface area contributed by atoms with Crippen LogP contribution in [0, 0.1) is 0 Å². The zero-order valence-electron chi connectivity index (χ0n) is 16.1. The van der Waals surface area contributed by atoms with E-state index in [0.717, 1.165) is 33.2 Å². The van der Waals surface area contributed by atoms with Crippen molar-refractivity contribution in [3.8, 4) is 28.4 Å². The predicted octanol–water partition coefficient (Wildman–Crippen LogP) is 5.49. The number of benzene rings is 4. The first kappa shape index (κ1) is 18.8. The number of hydrogen-bond acceptors (Lipinski definition) is 4. The van der Waals surface area contributed by atoms with E-state index in [1.807, 2.05) is 36.4 Å². The molecule has 4 nitrogen and oxygen atoms in total. The van der Waals surface area contributed by atoms with Crippen LogP contribution in [0.1, 0.15) is 11.1 Å². The molecule has 0 spiro atoms. The minimum absolute atomic E-state index is 0.206. The van der Waals surface area contributed by atoms with Crippen LogP contribution < -0.4 is 4.74 Å². The molecule has 0 aromatic heterocycles. The van der Waals surface area contributed by atoms with Crippen LogP contribution in [0.15, 0.2) is 78.9 Å². The van der Waals surface area contributed by atoms with E-state index in [4.69, 9.17) is 9.47 Å². The Hall–Kier alpha value is -3.50. The van der Waals surface area contributed by atoms with Crippen molar-refractivity contribution in [3.63, 3.8) is 0 Å². The molecule has 0 saturated heterocycles. The number of hydrogen-bond donors (Lipinski definition) is 2. The van der Waals surface area contributed by atoms with Gasteiger partial charge in [0.05, 0.1) is 0 Å². The smallest absolute Gasteiger partial charge is 0.188 e. The Bertz CT molecular complexity index is 1120. The number of phenolic OH excluding ortho intramolecular Hbond substituents is 2. The summed E-state index contributed by atoms with van der Waals surface area (Å²) in [7, 11) is 1.60. The fraction of sp³-hybridized carbons (Fsp3) is 0.120. The lowest BCUT2D eigenvalue weighted by Gasteiger charge is -2.15. The Kier molecular flexibility index (Phi) is 5.36. The summed E-state index contributed by atoms with van der Waals surface area (Å²) in [6.07, 6.45) is 0.714. The molecule has 146 valence electrons. The van der Waals surface area contributed by atoms with Crippen molar-refractivity contribution in [2.24, 2.45) is 0 Å². The van der Waals surface area contributed by atoms with Crippen molar-refractivity contribution in [1.82, 2.24) is 0 Å². The molecular formula is C25H22O4. The summed E-state index contributed by atoms with van der Waals surface area (Å²) in [6, 6.07) is 24.7. The van der Waals surface area contributed by atoms with Gasteiger partial charge in [-0.25, -0.2) is 0 Å². The van der Waals surface area contributed by atoms with E-state index >= 15 is 0 Å². The zero-order valence-corrected chi connectivity index (χ0v) is 16.1. The van der Waals surface area contributed by atoms with E-state index in [-0.39, 0.29) is 18.3 Å². The number of phenols is 2. The van der Waals surface area contributed by atoms with Crippen LogP contribution in [-0.2, 0) is 11.2 Å². The van der Waals surface area contributed by atoms with E-state index in [1.165, 1.54) is 5.56 Å². The van der Waals surface area contributed by atoms with Crippen LogP contribution in [0.5, 0.6) is 17.2 Å². The second-order valence-electron chi connectivity index (χ2n) is 6.92. The molecule has 0 fully saturated rings. The fourth-order valence-electron chi connectivity index (χ4n) is 3.51. The first-order valence-electron chi connectivity index (χ1n) is 9.39. The molecule has 0 aliphatic carbocycles. The Morgan fingerprint density at radius 2 is 1.45 bits per heavy atom. The van der Waals surface area contributed by atoms with Crippen molar-refractivity contribution in [2.75, 3.05) is 13.9 Å². The van der Waals surface area contributed by atoms with Crippen LogP contribution in [0.3, 0.4) is 0 Å². The molecule has 0 aliphatic heterocycles. The number of methoxy groups -OCH3 is 1. The standard InChI is InChI=1S/C25H22O4/c1-28-16-29-22-11-13-24-19(15-22)6-12-23(18-4-9-21(27)10-5-18)25(24)14-17-2-7-20(26)8-3-17/h2-13,15,26-27H,14,16H2,1H3. The van der Waals surface area contributed by atoms with E-state index in [1.54, 1.807) is 31.4 Å². The Morgan fingerprint density at radius 1 is 0.759 bits per heavy atom. The van der Waals surface area contributed by atoms with Crippen molar-refractivity contribution in [1.29, 1.82) is 0 Å². The van der Waals surface area contributed by atoms with Gasteiger partial charge in [-0.2, -0.15) is 0 Å². The third-order valence-electron chi connectivity index (χ3n) is 4.94. The monoisotopic (exact) mass is 386 g/mol. The maximum atomic E-state index is 9.66. The maximum absolute atomic E-state index is 9.66. The van der Waals surface area contributed by atoms with Crippen molar-refractivity contribution >= 4 is 10.8 Å². The zero-order chi connectivity index (χ0) is 20.2. The van der Waals surface area contributed by atoms with E-state index in [9.17, 15) is 10.2 Å². The predicted molar refractivity (Wildman–Crippen MR) is 114 cm³/mol. The van der Waals surface area contributed by atoms with Crippen molar-refractivity contribution in [2.45, 2.75) is 6.42 Å². The van der Waals surface area contributed by atoms with Gasteiger partial charge in [-0.3, -0.25) is 0 Å². The van der Waals surface area contributed by atoms with Gasteiger partial charge < -0.3 is 19.7 Å². The Balaban J connectivity index is 1.84. The highest BCUT2D eigenvalue weighted by atomic mass is 16.7. The molecule has 4 aromatic carbocycles. The van der Waals surface area contributed by atoms with Crippen molar-refractivity contribution < 1.29 is 19.7 Å². The lowest BCUT2D eigenvalue weighted by Crippen LogP contribution is -1.99. The van der Waals surface area contributed by atoms with Gasteiger partial charge >= 0.3 is 0 Å². The minimum atomic E-state index is 0.206. The first-order chi connectivity index (χ1) is 14.1. The maximum Gasteiger partial charge on any atom is 0.188 e. The van der Waals surface area contributed by atoms with Gasteiger partial charge in [-0.1, -0.05) is 42.5 Å². The molecule has 0 unspecified atom stereocenters. The molecule has 4 heteroatoms. The highest BCUT2D eigenvalue weighted by Gasteiger charge is 2.12. The van der Waals surface area contributed by atoms with Gasteiger partial charge in [0.1, 0.15) is 17.2 Å². The molecular weight excluding hydrogens is 364 g/mol. The molecule has 0 saturated carbocycles. The molecule has 0 bridgehead atoms.